The first-order chi connectivity index (χ1) is 7.97. The molecular weight excluding hydrogens is 214 g/mol. The van der Waals surface area contributed by atoms with E-state index in [9.17, 15) is 4.79 Å². The van der Waals surface area contributed by atoms with Crippen molar-refractivity contribution in [1.29, 1.82) is 0 Å². The monoisotopic (exact) mass is 243 g/mol. The lowest BCUT2D eigenvalue weighted by Gasteiger charge is -2.24. The first-order valence-corrected chi connectivity index (χ1v) is 6.94. The Morgan fingerprint density at radius 1 is 1.18 bits per heavy atom. The Kier molecular flexibility index (Phi) is 8.01. The summed E-state index contributed by atoms with van der Waals surface area (Å²) in [6.45, 7) is 10.4. The summed E-state index contributed by atoms with van der Waals surface area (Å²) in [5, 5.41) is 2.85. The third-order valence-electron chi connectivity index (χ3n) is 2.66. The number of alkyl carbamates (subject to hydrolysis) is 1. The van der Waals surface area contributed by atoms with Crippen LogP contribution < -0.4 is 5.32 Å². The van der Waals surface area contributed by atoms with Gasteiger partial charge in [-0.15, -0.1) is 0 Å². The number of hydrogen-bond acceptors (Lipinski definition) is 2. The van der Waals surface area contributed by atoms with Crippen LogP contribution in [0.5, 0.6) is 0 Å². The van der Waals surface area contributed by atoms with Crippen molar-refractivity contribution in [3.63, 3.8) is 0 Å². The zero-order chi connectivity index (χ0) is 13.3. The molecule has 1 rings (SSSR count). The highest BCUT2D eigenvalue weighted by Crippen LogP contribution is 2.22. The predicted molar refractivity (Wildman–Crippen MR) is 72.2 cm³/mol. The molecule has 3 nitrogen and oxygen atoms in total. The van der Waals surface area contributed by atoms with E-state index in [1.807, 2.05) is 34.6 Å². The topological polar surface area (TPSA) is 38.3 Å². The largest absolute Gasteiger partial charge is 0.444 e. The summed E-state index contributed by atoms with van der Waals surface area (Å²) in [6, 6.07) is 0. The van der Waals surface area contributed by atoms with Gasteiger partial charge in [0.05, 0.1) is 0 Å². The Bertz CT molecular complexity index is 203. The molecule has 17 heavy (non-hydrogen) atoms. The van der Waals surface area contributed by atoms with Crippen LogP contribution in [0.25, 0.3) is 0 Å². The Labute approximate surface area is 106 Å². The van der Waals surface area contributed by atoms with Crippen molar-refractivity contribution >= 4 is 6.09 Å². The minimum Gasteiger partial charge on any atom is -0.444 e. The molecule has 0 aliphatic heterocycles. The van der Waals surface area contributed by atoms with Crippen LogP contribution in [0.3, 0.4) is 0 Å². The number of amides is 1. The van der Waals surface area contributed by atoms with Gasteiger partial charge in [0.15, 0.2) is 0 Å². The van der Waals surface area contributed by atoms with E-state index in [2.05, 4.69) is 5.32 Å². The number of ether oxygens (including phenoxy) is 1. The van der Waals surface area contributed by atoms with Gasteiger partial charge in [0.25, 0.3) is 0 Å². The fraction of sp³-hybridized carbons (Fsp3) is 0.929. The van der Waals surface area contributed by atoms with Crippen LogP contribution in [0.2, 0.25) is 0 Å². The normalized spacial score (nSPS) is 16.8. The van der Waals surface area contributed by atoms with E-state index in [0.29, 0.717) is 5.92 Å². The van der Waals surface area contributed by atoms with Gasteiger partial charge in [0, 0.05) is 6.54 Å². The molecule has 1 saturated carbocycles. The molecule has 0 bridgehead atoms. The summed E-state index contributed by atoms with van der Waals surface area (Å²) in [5.74, 6) is 0.659. The maximum absolute atomic E-state index is 11.4. The van der Waals surface area contributed by atoms with Gasteiger partial charge >= 0.3 is 6.09 Å². The molecule has 102 valence electrons. The maximum atomic E-state index is 11.4. The first kappa shape index (κ1) is 16.3. The second kappa shape index (κ2) is 8.37. The summed E-state index contributed by atoms with van der Waals surface area (Å²) < 4.78 is 5.18. The molecule has 3 heteroatoms. The van der Waals surface area contributed by atoms with Crippen molar-refractivity contribution in [2.45, 2.75) is 72.3 Å². The van der Waals surface area contributed by atoms with Gasteiger partial charge in [-0.3, -0.25) is 0 Å². The van der Waals surface area contributed by atoms with E-state index >= 15 is 0 Å². The van der Waals surface area contributed by atoms with Crippen LogP contribution in [0, 0.1) is 5.92 Å². The van der Waals surface area contributed by atoms with Gasteiger partial charge in [-0.05, 0) is 39.5 Å². The van der Waals surface area contributed by atoms with Crippen molar-refractivity contribution < 1.29 is 9.53 Å². The summed E-state index contributed by atoms with van der Waals surface area (Å²) in [4.78, 5) is 11.4. The van der Waals surface area contributed by atoms with E-state index < -0.39 is 5.60 Å². The molecule has 1 fully saturated rings. The number of carbonyl (C=O) groups is 1. The molecule has 0 aromatic heterocycles. The molecule has 0 radical (unpaired) electrons. The summed E-state index contributed by atoms with van der Waals surface area (Å²) in [6.07, 6.45) is 6.17. The molecule has 0 aromatic carbocycles. The maximum Gasteiger partial charge on any atom is 0.407 e. The molecular formula is C14H29NO2. The molecule has 1 aliphatic rings. The van der Waals surface area contributed by atoms with Crippen molar-refractivity contribution in [3.05, 3.63) is 0 Å². The predicted octanol–water partition coefficient (Wildman–Crippen LogP) is 4.12. The van der Waals surface area contributed by atoms with Crippen LogP contribution in [-0.2, 0) is 4.74 Å². The van der Waals surface area contributed by atoms with E-state index in [4.69, 9.17) is 4.74 Å². The summed E-state index contributed by atoms with van der Waals surface area (Å²) in [7, 11) is 0. The highest BCUT2D eigenvalue weighted by Gasteiger charge is 2.18. The van der Waals surface area contributed by atoms with Gasteiger partial charge in [-0.25, -0.2) is 4.79 Å². The van der Waals surface area contributed by atoms with Crippen molar-refractivity contribution in [1.82, 2.24) is 5.32 Å². The Morgan fingerprint density at radius 2 is 1.71 bits per heavy atom. The first-order valence-electron chi connectivity index (χ1n) is 6.94. The molecule has 0 atom stereocenters. The Morgan fingerprint density at radius 3 is 2.18 bits per heavy atom. The fourth-order valence-corrected chi connectivity index (χ4v) is 1.93. The zero-order valence-electron chi connectivity index (χ0n) is 12.1. The Balaban J connectivity index is 0.00000121. The van der Waals surface area contributed by atoms with Crippen molar-refractivity contribution in [2.24, 2.45) is 5.92 Å². The smallest absolute Gasteiger partial charge is 0.407 e. The minimum absolute atomic E-state index is 0.284. The third-order valence-corrected chi connectivity index (χ3v) is 2.66. The molecule has 1 amide bonds. The van der Waals surface area contributed by atoms with Crippen LogP contribution in [0.15, 0.2) is 0 Å². The van der Waals surface area contributed by atoms with Gasteiger partial charge < -0.3 is 10.1 Å². The molecule has 1 aliphatic carbocycles. The lowest BCUT2D eigenvalue weighted by atomic mass is 9.89. The van der Waals surface area contributed by atoms with Gasteiger partial charge in [0.1, 0.15) is 5.60 Å². The third kappa shape index (κ3) is 9.02. The van der Waals surface area contributed by atoms with Crippen LogP contribution in [0.1, 0.15) is 66.7 Å². The molecule has 0 heterocycles. The van der Waals surface area contributed by atoms with Gasteiger partial charge in [-0.2, -0.15) is 0 Å². The summed E-state index contributed by atoms with van der Waals surface area (Å²) >= 11 is 0. The number of nitrogens with one attached hydrogen (secondary N) is 1. The minimum atomic E-state index is -0.392. The number of rotatable bonds is 2. The van der Waals surface area contributed by atoms with Gasteiger partial charge in [-0.1, -0.05) is 33.1 Å². The highest BCUT2D eigenvalue weighted by molar-refractivity contribution is 5.67. The number of hydrogen-bond donors (Lipinski definition) is 1. The SMILES string of the molecule is CC.CC(C)(C)OC(=O)NCC1CCCCC1. The second-order valence-electron chi connectivity index (χ2n) is 5.39. The Hall–Kier alpha value is -0.730. The molecule has 0 saturated heterocycles. The average molecular weight is 243 g/mol. The van der Waals surface area contributed by atoms with E-state index in [-0.39, 0.29) is 6.09 Å². The van der Waals surface area contributed by atoms with Gasteiger partial charge in [0.2, 0.25) is 0 Å². The molecule has 1 N–H and O–H groups in total. The van der Waals surface area contributed by atoms with E-state index in [1.54, 1.807) is 0 Å². The molecule has 0 unspecified atom stereocenters. The van der Waals surface area contributed by atoms with Crippen LogP contribution >= 0.6 is 0 Å². The van der Waals surface area contributed by atoms with Crippen molar-refractivity contribution in [2.75, 3.05) is 6.54 Å². The van der Waals surface area contributed by atoms with E-state index in [0.717, 1.165) is 6.54 Å². The lowest BCUT2D eigenvalue weighted by molar-refractivity contribution is 0.0515. The van der Waals surface area contributed by atoms with E-state index in [1.165, 1.54) is 32.1 Å². The fourth-order valence-electron chi connectivity index (χ4n) is 1.93. The standard InChI is InChI=1S/C12H23NO2.C2H6/c1-12(2,3)15-11(14)13-9-10-7-5-4-6-8-10;1-2/h10H,4-9H2,1-3H3,(H,13,14);1-2H3. The number of carbonyl (C=O) groups excluding carboxylic acids is 1. The summed E-state index contributed by atoms with van der Waals surface area (Å²) in [5.41, 5.74) is -0.392. The van der Waals surface area contributed by atoms with Crippen LogP contribution in [0.4, 0.5) is 4.79 Å². The average Bonchev–Trinajstić information content (AvgIpc) is 2.28. The van der Waals surface area contributed by atoms with Crippen LogP contribution in [-0.4, -0.2) is 18.2 Å². The second-order valence-corrected chi connectivity index (χ2v) is 5.39. The highest BCUT2D eigenvalue weighted by atomic mass is 16.6. The molecule has 0 spiro atoms. The molecule has 0 aromatic rings. The van der Waals surface area contributed by atoms with Crippen molar-refractivity contribution in [3.8, 4) is 0 Å². The quantitative estimate of drug-likeness (QED) is 0.792. The lowest BCUT2D eigenvalue weighted by Crippen LogP contribution is -2.35. The zero-order valence-corrected chi connectivity index (χ0v) is 12.1.